The van der Waals surface area contributed by atoms with E-state index >= 15 is 0 Å². The van der Waals surface area contributed by atoms with Crippen LogP contribution >= 0.6 is 0 Å². The van der Waals surface area contributed by atoms with Crippen LogP contribution in [0.15, 0.2) is 89.1 Å². The van der Waals surface area contributed by atoms with E-state index in [9.17, 15) is 19.8 Å². The van der Waals surface area contributed by atoms with E-state index in [1.54, 1.807) is 18.4 Å². The Morgan fingerprint density at radius 3 is 2.45 bits per heavy atom. The number of rotatable bonds is 8. The maximum atomic E-state index is 14.8. The summed E-state index contributed by atoms with van der Waals surface area (Å²) in [5.41, 5.74) is -1.18. The molecular formula is C49H61NO6. The fourth-order valence-electron chi connectivity index (χ4n) is 13.7. The number of carbonyl (C=O) groups excluding carboxylic acids is 2. The quantitative estimate of drug-likeness (QED) is 0.175. The fraction of sp³-hybridized carbons (Fsp3) is 0.592. The molecule has 7 nitrogen and oxygen atoms in total. The van der Waals surface area contributed by atoms with E-state index in [4.69, 9.17) is 9.15 Å². The number of allylic oxidation sites excluding steroid dienone is 4. The molecule has 7 aliphatic rings. The lowest BCUT2D eigenvalue weighted by Crippen LogP contribution is -2.67. The predicted octanol–water partition coefficient (Wildman–Crippen LogP) is 10.3. The fourth-order valence-corrected chi connectivity index (χ4v) is 13.7. The van der Waals surface area contributed by atoms with Crippen molar-refractivity contribution in [1.82, 2.24) is 4.90 Å². The van der Waals surface area contributed by atoms with Crippen molar-refractivity contribution in [2.24, 2.45) is 51.2 Å². The number of aliphatic hydroxyl groups is 2. The van der Waals surface area contributed by atoms with Crippen LogP contribution in [-0.4, -0.2) is 51.3 Å². The second-order valence-corrected chi connectivity index (χ2v) is 19.9. The van der Waals surface area contributed by atoms with Gasteiger partial charge in [-0.2, -0.15) is 0 Å². The molecule has 0 aliphatic heterocycles. The largest absolute Gasteiger partial charge is 0.461 e. The zero-order valence-corrected chi connectivity index (χ0v) is 34.0. The van der Waals surface area contributed by atoms with Crippen molar-refractivity contribution in [2.45, 2.75) is 123 Å². The summed E-state index contributed by atoms with van der Waals surface area (Å²) in [5, 5.41) is 26.6. The van der Waals surface area contributed by atoms with Gasteiger partial charge < -0.3 is 24.3 Å². The molecule has 0 radical (unpaired) electrons. The predicted molar refractivity (Wildman–Crippen MR) is 218 cm³/mol. The molecule has 2 spiro atoms. The molecule has 1 aromatic heterocycles. The number of hydrogen-bond donors (Lipinski definition) is 2. The van der Waals surface area contributed by atoms with Crippen molar-refractivity contribution < 1.29 is 29.0 Å². The van der Waals surface area contributed by atoms with Crippen LogP contribution in [0.3, 0.4) is 0 Å². The number of benzene rings is 2. The van der Waals surface area contributed by atoms with E-state index in [0.29, 0.717) is 42.9 Å². The minimum atomic E-state index is -1.22. The molecule has 10 rings (SSSR count). The van der Waals surface area contributed by atoms with E-state index in [1.807, 2.05) is 23.1 Å². The van der Waals surface area contributed by atoms with Gasteiger partial charge in [0.15, 0.2) is 5.76 Å². The molecule has 4 saturated carbocycles. The average molecular weight is 760 g/mol. The summed E-state index contributed by atoms with van der Waals surface area (Å²) in [7, 11) is 0. The van der Waals surface area contributed by atoms with Crippen LogP contribution < -0.4 is 0 Å². The van der Waals surface area contributed by atoms with Gasteiger partial charge in [-0.05, 0) is 121 Å². The Labute approximate surface area is 332 Å². The molecule has 3 aromatic rings. The molecule has 2 N–H and O–H groups in total. The molecule has 11 atom stereocenters. The molecule has 11 unspecified atom stereocenters. The Bertz CT molecular complexity index is 2060. The van der Waals surface area contributed by atoms with Crippen molar-refractivity contribution in [3.63, 3.8) is 0 Å². The van der Waals surface area contributed by atoms with E-state index in [2.05, 4.69) is 77.1 Å². The number of nitrogens with zero attached hydrogens (tertiary/aromatic N) is 1. The van der Waals surface area contributed by atoms with E-state index < -0.39 is 27.9 Å². The van der Waals surface area contributed by atoms with E-state index in [1.165, 1.54) is 0 Å². The highest BCUT2D eigenvalue weighted by Crippen LogP contribution is 2.78. The van der Waals surface area contributed by atoms with E-state index in [0.717, 1.165) is 73.3 Å². The lowest BCUT2D eigenvalue weighted by molar-refractivity contribution is -0.175. The smallest absolute Gasteiger partial charge is 0.410 e. The summed E-state index contributed by atoms with van der Waals surface area (Å²) in [5.74, 6) is 1.57. The van der Waals surface area contributed by atoms with Gasteiger partial charge in [-0.3, -0.25) is 4.79 Å². The van der Waals surface area contributed by atoms with Crippen molar-refractivity contribution >= 4 is 22.6 Å². The number of aliphatic hydroxyl groups excluding tert-OH is 1. The summed E-state index contributed by atoms with van der Waals surface area (Å²) in [6.07, 6.45) is 15.7. The van der Waals surface area contributed by atoms with Crippen LogP contribution in [0.25, 0.3) is 10.8 Å². The Morgan fingerprint density at radius 1 is 0.911 bits per heavy atom. The van der Waals surface area contributed by atoms with Gasteiger partial charge >= 0.3 is 6.09 Å². The summed E-state index contributed by atoms with van der Waals surface area (Å²) >= 11 is 0. The minimum Gasteiger partial charge on any atom is -0.461 e. The normalized spacial score (nSPS) is 39.8. The summed E-state index contributed by atoms with van der Waals surface area (Å²) in [6.45, 7) is 11.8. The number of hydrogen-bond acceptors (Lipinski definition) is 6. The first-order valence-corrected chi connectivity index (χ1v) is 21.6. The van der Waals surface area contributed by atoms with Crippen molar-refractivity contribution in [3.8, 4) is 0 Å². The van der Waals surface area contributed by atoms with Gasteiger partial charge in [-0.15, -0.1) is 0 Å². The van der Waals surface area contributed by atoms with Crippen LogP contribution in [0.5, 0.6) is 0 Å². The molecule has 1 heterocycles. The van der Waals surface area contributed by atoms with Gasteiger partial charge in [0.1, 0.15) is 6.10 Å². The van der Waals surface area contributed by atoms with Gasteiger partial charge in [-0.25, -0.2) is 4.79 Å². The van der Waals surface area contributed by atoms with Gasteiger partial charge in [0.2, 0.25) is 5.78 Å². The van der Waals surface area contributed by atoms with Crippen LogP contribution in [0.1, 0.15) is 115 Å². The Morgan fingerprint density at radius 2 is 1.66 bits per heavy atom. The number of amides is 1. The standard InChI is InChI=1S/C49H61NO6/c1-31(2)36-16-15-32(3)26-40(36)56-44(53)50(29-34-12-8-11-33-10-6-7-13-37(33)34)30-48(54)22-19-42-46(48,5)21-18-41-45(4)20-17-35(51)27-47(45)23-24-49(41,42)38(28-47)43(52)39-14-9-25-55-39/h6-14,23-25,28,31-32,35-36,40-42,51,54H,15-22,26-27,29-30H2,1-5H3. The highest BCUT2D eigenvalue weighted by molar-refractivity contribution is 6.08. The molecule has 0 saturated heterocycles. The average Bonchev–Trinajstić information content (AvgIpc) is 3.81. The van der Waals surface area contributed by atoms with Gasteiger partial charge in [0.25, 0.3) is 0 Å². The number of furan rings is 1. The van der Waals surface area contributed by atoms with Crippen molar-refractivity contribution in [2.75, 3.05) is 6.54 Å². The number of fused-ring (bicyclic) bond motifs is 2. The first-order chi connectivity index (χ1) is 26.7. The molecule has 1 amide bonds. The van der Waals surface area contributed by atoms with E-state index in [-0.39, 0.29) is 41.8 Å². The zero-order valence-electron chi connectivity index (χ0n) is 34.0. The summed E-state index contributed by atoms with van der Waals surface area (Å²) in [4.78, 5) is 31.3. The summed E-state index contributed by atoms with van der Waals surface area (Å²) in [6, 6.07) is 18.1. The van der Waals surface area contributed by atoms with Gasteiger partial charge in [0, 0.05) is 28.4 Å². The first-order valence-electron chi connectivity index (χ1n) is 21.6. The molecular weight excluding hydrogens is 699 g/mol. The molecule has 4 fully saturated rings. The second kappa shape index (κ2) is 13.4. The van der Waals surface area contributed by atoms with Crippen LogP contribution in [0.4, 0.5) is 4.79 Å². The van der Waals surface area contributed by atoms with Gasteiger partial charge in [0.05, 0.1) is 24.5 Å². The molecule has 7 aliphatic carbocycles. The molecule has 56 heavy (non-hydrogen) atoms. The number of ketones is 1. The third kappa shape index (κ3) is 5.49. The zero-order chi connectivity index (χ0) is 39.3. The topological polar surface area (TPSA) is 100 Å². The Hall–Kier alpha value is -3.68. The van der Waals surface area contributed by atoms with Crippen LogP contribution in [-0.2, 0) is 11.3 Å². The lowest BCUT2D eigenvalue weighted by atomic mass is 9.32. The van der Waals surface area contributed by atoms with Crippen molar-refractivity contribution in [3.05, 3.63) is 96.0 Å². The molecule has 7 heteroatoms. The Balaban J connectivity index is 1.10. The second-order valence-electron chi connectivity index (χ2n) is 19.9. The van der Waals surface area contributed by atoms with Gasteiger partial charge in [-0.1, -0.05) is 102 Å². The first kappa shape index (κ1) is 37.9. The van der Waals surface area contributed by atoms with Crippen molar-refractivity contribution in [1.29, 1.82) is 0 Å². The maximum Gasteiger partial charge on any atom is 0.410 e. The molecule has 298 valence electrons. The number of ether oxygens (including phenoxy) is 1. The number of carbonyl (C=O) groups is 2. The molecule has 2 aromatic carbocycles. The highest BCUT2D eigenvalue weighted by atomic mass is 16.6. The third-order valence-electron chi connectivity index (χ3n) is 16.9. The number of Topliss-reactive ketones (excluding diaryl/α,β-unsaturated/α-hetero) is 1. The SMILES string of the molecule is CC1CCC(C(C)C)C(OC(=O)N(Cc2cccc3ccccc23)CC2(O)CCC3C45C=CC6(C=C4C(=O)c4ccco4)CC(O)CCC6(C)C5CCC32C)C1. The minimum absolute atomic E-state index is 0.0397. The Kier molecular flexibility index (Phi) is 9.09. The third-order valence-corrected chi connectivity index (χ3v) is 16.9. The molecule has 2 bridgehead atoms. The monoisotopic (exact) mass is 759 g/mol. The van der Waals surface area contributed by atoms with Crippen LogP contribution in [0, 0.1) is 51.2 Å². The lowest BCUT2D eigenvalue weighted by Gasteiger charge is -2.71. The summed E-state index contributed by atoms with van der Waals surface area (Å²) < 4.78 is 12.4. The highest BCUT2D eigenvalue weighted by Gasteiger charge is 2.74. The van der Waals surface area contributed by atoms with Crippen LogP contribution in [0.2, 0.25) is 0 Å². The maximum absolute atomic E-state index is 14.8.